The van der Waals surface area contributed by atoms with Gasteiger partial charge in [0.2, 0.25) is 0 Å². The molecule has 1 aliphatic heterocycles. The topological polar surface area (TPSA) is 67.6 Å². The Balaban J connectivity index is 2.25. The molecule has 21 heavy (non-hydrogen) atoms. The molecule has 1 fully saturated rings. The van der Waals surface area contributed by atoms with Gasteiger partial charge in [0.1, 0.15) is 0 Å². The monoisotopic (exact) mass is 293 g/mol. The number of nitro groups is 1. The molecule has 0 bridgehead atoms. The lowest BCUT2D eigenvalue weighted by molar-refractivity contribution is -0.385. The minimum Gasteiger partial charge on any atom is -0.487 e. The maximum absolute atomic E-state index is 11.1. The highest BCUT2D eigenvalue weighted by Crippen LogP contribution is 2.32. The van der Waals surface area contributed by atoms with Gasteiger partial charge in [0.05, 0.1) is 11.5 Å². The number of hydrogen-bond donors (Lipinski definition) is 1. The Morgan fingerprint density at radius 2 is 2.05 bits per heavy atom. The first-order valence-electron chi connectivity index (χ1n) is 7.43. The van der Waals surface area contributed by atoms with Crippen LogP contribution >= 0.6 is 0 Å². The van der Waals surface area contributed by atoms with E-state index in [1.807, 2.05) is 13.0 Å². The van der Waals surface area contributed by atoms with Gasteiger partial charge in [-0.3, -0.25) is 10.1 Å². The molecular weight excluding hydrogens is 270 g/mol. The number of benzene rings is 1. The number of ether oxygens (including phenoxy) is 1. The quantitative estimate of drug-likeness (QED) is 0.667. The fourth-order valence-corrected chi connectivity index (χ4v) is 2.72. The third-order valence-electron chi connectivity index (χ3n) is 3.52. The summed E-state index contributed by atoms with van der Waals surface area (Å²) in [5.74, 6) is 0.359. The van der Waals surface area contributed by atoms with Gasteiger partial charge < -0.3 is 15.0 Å². The molecule has 1 aromatic carbocycles. The van der Waals surface area contributed by atoms with Crippen LogP contribution < -0.4 is 15.0 Å². The predicted molar refractivity (Wildman–Crippen MR) is 83.2 cm³/mol. The number of piperazine rings is 1. The van der Waals surface area contributed by atoms with Gasteiger partial charge in [0, 0.05) is 43.0 Å². The summed E-state index contributed by atoms with van der Waals surface area (Å²) in [4.78, 5) is 12.9. The summed E-state index contributed by atoms with van der Waals surface area (Å²) >= 11 is 0. The zero-order valence-electron chi connectivity index (χ0n) is 12.8. The summed E-state index contributed by atoms with van der Waals surface area (Å²) in [6.45, 7) is 8.52. The molecule has 1 aliphatic rings. The number of nitrogens with zero attached hydrogens (tertiary/aromatic N) is 2. The molecule has 6 heteroatoms. The molecule has 1 aromatic rings. The first kappa shape index (κ1) is 15.6. The van der Waals surface area contributed by atoms with Crippen LogP contribution in [0.4, 0.5) is 11.4 Å². The van der Waals surface area contributed by atoms with Crippen molar-refractivity contribution in [2.75, 3.05) is 24.6 Å². The average Bonchev–Trinajstić information content (AvgIpc) is 2.43. The summed E-state index contributed by atoms with van der Waals surface area (Å²) in [6, 6.07) is 5.92. The molecule has 0 spiro atoms. The second kappa shape index (κ2) is 6.76. The standard InChI is InChI=1S/C15H23N3O3/c1-4-7-21-15-8-13(5-6-14(15)18(19)20)17-9-11(2)16-12(3)10-17/h5-6,8,11-12,16H,4,7,9-10H2,1-3H3. The lowest BCUT2D eigenvalue weighted by atomic mass is 10.1. The van der Waals surface area contributed by atoms with Gasteiger partial charge in [-0.05, 0) is 26.3 Å². The first-order chi connectivity index (χ1) is 10.0. The van der Waals surface area contributed by atoms with Crippen LogP contribution in [0.3, 0.4) is 0 Å². The highest BCUT2D eigenvalue weighted by molar-refractivity contribution is 5.59. The second-order valence-corrected chi connectivity index (χ2v) is 5.63. The van der Waals surface area contributed by atoms with Crippen molar-refractivity contribution in [3.05, 3.63) is 28.3 Å². The van der Waals surface area contributed by atoms with Gasteiger partial charge in [-0.25, -0.2) is 0 Å². The maximum atomic E-state index is 11.1. The number of nitro benzene ring substituents is 1. The van der Waals surface area contributed by atoms with E-state index in [0.717, 1.165) is 25.2 Å². The van der Waals surface area contributed by atoms with Gasteiger partial charge in [0.15, 0.2) is 5.75 Å². The zero-order chi connectivity index (χ0) is 15.4. The Morgan fingerprint density at radius 3 is 2.62 bits per heavy atom. The molecule has 6 nitrogen and oxygen atoms in total. The molecule has 2 unspecified atom stereocenters. The minimum atomic E-state index is -0.391. The number of anilines is 1. The van der Waals surface area contributed by atoms with Crippen molar-refractivity contribution in [3.8, 4) is 5.75 Å². The fraction of sp³-hybridized carbons (Fsp3) is 0.600. The third-order valence-corrected chi connectivity index (χ3v) is 3.52. The Labute approximate surface area is 125 Å². The zero-order valence-corrected chi connectivity index (χ0v) is 12.8. The molecule has 2 atom stereocenters. The Kier molecular flexibility index (Phi) is 5.01. The van der Waals surface area contributed by atoms with Crippen molar-refractivity contribution >= 4 is 11.4 Å². The summed E-state index contributed by atoms with van der Waals surface area (Å²) in [6.07, 6.45) is 0.823. The van der Waals surface area contributed by atoms with E-state index in [0.29, 0.717) is 24.4 Å². The van der Waals surface area contributed by atoms with Crippen molar-refractivity contribution in [2.24, 2.45) is 0 Å². The van der Waals surface area contributed by atoms with E-state index < -0.39 is 4.92 Å². The molecule has 0 radical (unpaired) electrons. The van der Waals surface area contributed by atoms with E-state index in [2.05, 4.69) is 24.1 Å². The van der Waals surface area contributed by atoms with Crippen molar-refractivity contribution in [1.29, 1.82) is 0 Å². The van der Waals surface area contributed by atoms with Crippen LogP contribution in [0.25, 0.3) is 0 Å². The largest absolute Gasteiger partial charge is 0.487 e. The molecule has 1 saturated heterocycles. The summed E-state index contributed by atoms with van der Waals surface area (Å²) in [7, 11) is 0. The molecule has 2 rings (SSSR count). The summed E-state index contributed by atoms with van der Waals surface area (Å²) in [5, 5.41) is 14.6. The van der Waals surface area contributed by atoms with Gasteiger partial charge >= 0.3 is 5.69 Å². The van der Waals surface area contributed by atoms with Crippen LogP contribution in [-0.4, -0.2) is 36.7 Å². The molecule has 0 aromatic heterocycles. The molecule has 0 saturated carbocycles. The molecular formula is C15H23N3O3. The van der Waals surface area contributed by atoms with Crippen molar-refractivity contribution in [3.63, 3.8) is 0 Å². The molecule has 1 heterocycles. The second-order valence-electron chi connectivity index (χ2n) is 5.63. The Hall–Kier alpha value is -1.82. The Morgan fingerprint density at radius 1 is 1.38 bits per heavy atom. The van der Waals surface area contributed by atoms with Crippen LogP contribution in [0.15, 0.2) is 18.2 Å². The minimum absolute atomic E-state index is 0.0310. The molecule has 1 N–H and O–H groups in total. The van der Waals surface area contributed by atoms with E-state index in [4.69, 9.17) is 4.74 Å². The van der Waals surface area contributed by atoms with Crippen LogP contribution in [0.2, 0.25) is 0 Å². The number of nitrogens with one attached hydrogen (secondary N) is 1. The normalized spacial score (nSPS) is 22.1. The van der Waals surface area contributed by atoms with Gasteiger partial charge in [-0.15, -0.1) is 0 Å². The van der Waals surface area contributed by atoms with E-state index in [-0.39, 0.29) is 5.69 Å². The predicted octanol–water partition coefficient (Wildman–Crippen LogP) is 2.57. The van der Waals surface area contributed by atoms with Crippen molar-refractivity contribution < 1.29 is 9.66 Å². The van der Waals surface area contributed by atoms with Crippen LogP contribution in [0, 0.1) is 10.1 Å². The Bertz CT molecular complexity index is 497. The third kappa shape index (κ3) is 3.85. The van der Waals surface area contributed by atoms with Gasteiger partial charge in [0.25, 0.3) is 0 Å². The van der Waals surface area contributed by atoms with Crippen LogP contribution in [-0.2, 0) is 0 Å². The van der Waals surface area contributed by atoms with Crippen LogP contribution in [0.5, 0.6) is 5.75 Å². The number of hydrogen-bond acceptors (Lipinski definition) is 5. The van der Waals surface area contributed by atoms with Gasteiger partial charge in [-0.2, -0.15) is 0 Å². The highest BCUT2D eigenvalue weighted by Gasteiger charge is 2.23. The van der Waals surface area contributed by atoms with E-state index in [9.17, 15) is 10.1 Å². The van der Waals surface area contributed by atoms with Crippen molar-refractivity contribution in [1.82, 2.24) is 5.32 Å². The molecule has 0 amide bonds. The lowest BCUT2D eigenvalue weighted by Gasteiger charge is -2.37. The lowest BCUT2D eigenvalue weighted by Crippen LogP contribution is -2.54. The van der Waals surface area contributed by atoms with E-state index >= 15 is 0 Å². The van der Waals surface area contributed by atoms with E-state index in [1.54, 1.807) is 6.07 Å². The first-order valence-corrected chi connectivity index (χ1v) is 7.43. The highest BCUT2D eigenvalue weighted by atomic mass is 16.6. The number of rotatable bonds is 5. The fourth-order valence-electron chi connectivity index (χ4n) is 2.72. The maximum Gasteiger partial charge on any atom is 0.311 e. The van der Waals surface area contributed by atoms with Crippen molar-refractivity contribution in [2.45, 2.75) is 39.3 Å². The molecule has 116 valence electrons. The average molecular weight is 293 g/mol. The summed E-state index contributed by atoms with van der Waals surface area (Å²) in [5.41, 5.74) is 1.01. The van der Waals surface area contributed by atoms with E-state index in [1.165, 1.54) is 6.07 Å². The SMILES string of the molecule is CCCOc1cc(N2CC(C)NC(C)C2)ccc1[N+](=O)[O-]. The van der Waals surface area contributed by atoms with Crippen LogP contribution in [0.1, 0.15) is 27.2 Å². The van der Waals surface area contributed by atoms with Gasteiger partial charge in [-0.1, -0.05) is 6.92 Å². The molecule has 0 aliphatic carbocycles. The smallest absolute Gasteiger partial charge is 0.311 e. The summed E-state index contributed by atoms with van der Waals surface area (Å²) < 4.78 is 5.55.